The highest BCUT2D eigenvalue weighted by molar-refractivity contribution is 7.90. The molecule has 3 amide bonds. The van der Waals surface area contributed by atoms with Gasteiger partial charge in [0.05, 0.1) is 15.8 Å². The summed E-state index contributed by atoms with van der Waals surface area (Å²) in [7, 11) is -4.00. The summed E-state index contributed by atoms with van der Waals surface area (Å²) < 4.78 is 26.4. The van der Waals surface area contributed by atoms with Gasteiger partial charge in [-0.05, 0) is 36.2 Å². The van der Waals surface area contributed by atoms with E-state index in [4.69, 9.17) is 5.73 Å². The summed E-state index contributed by atoms with van der Waals surface area (Å²) in [6.07, 6.45) is 3.42. The lowest BCUT2D eigenvalue weighted by molar-refractivity contribution is 0.239. The van der Waals surface area contributed by atoms with Crippen LogP contribution in [0.1, 0.15) is 5.56 Å². The second kappa shape index (κ2) is 7.56. The highest BCUT2D eigenvalue weighted by Gasteiger charge is 2.16. The number of fused-ring (bicyclic) bond motifs is 1. The Labute approximate surface area is 160 Å². The lowest BCUT2D eigenvalue weighted by Crippen LogP contribution is -2.34. The van der Waals surface area contributed by atoms with Crippen molar-refractivity contribution in [3.05, 3.63) is 54.4 Å². The Hall–Kier alpha value is -3.60. The third-order valence-electron chi connectivity index (χ3n) is 3.94. The van der Waals surface area contributed by atoms with Gasteiger partial charge in [0.15, 0.2) is 0 Å². The summed E-state index contributed by atoms with van der Waals surface area (Å²) in [4.78, 5) is 26.9. The lowest BCUT2D eigenvalue weighted by Gasteiger charge is -2.08. The molecule has 3 aromatic rings. The van der Waals surface area contributed by atoms with Gasteiger partial charge in [-0.25, -0.2) is 27.3 Å². The topological polar surface area (TPSA) is 156 Å². The lowest BCUT2D eigenvalue weighted by atomic mass is 10.1. The van der Waals surface area contributed by atoms with Crippen LogP contribution in [0.3, 0.4) is 0 Å². The molecule has 0 aliphatic heterocycles. The van der Waals surface area contributed by atoms with E-state index in [1.54, 1.807) is 35.2 Å². The summed E-state index contributed by atoms with van der Waals surface area (Å²) in [6.45, 7) is 0.256. The monoisotopic (exact) mass is 403 g/mol. The van der Waals surface area contributed by atoms with Crippen molar-refractivity contribution in [1.29, 1.82) is 0 Å². The van der Waals surface area contributed by atoms with Gasteiger partial charge >= 0.3 is 12.1 Å². The second-order valence-electron chi connectivity index (χ2n) is 5.85. The number of pyridine rings is 1. The van der Waals surface area contributed by atoms with E-state index < -0.39 is 22.1 Å². The molecular formula is C17H17N5O5S. The number of benzene rings is 1. The smallest absolute Gasteiger partial charge is 0.328 e. The number of amides is 3. The van der Waals surface area contributed by atoms with Crippen LogP contribution in [0.25, 0.3) is 10.9 Å². The first-order chi connectivity index (χ1) is 13.3. The third kappa shape index (κ3) is 4.04. The van der Waals surface area contributed by atoms with Crippen molar-refractivity contribution in [3.63, 3.8) is 0 Å². The molecule has 0 aliphatic rings. The highest BCUT2D eigenvalue weighted by atomic mass is 32.2. The minimum atomic E-state index is -4.00. The van der Waals surface area contributed by atoms with Crippen LogP contribution in [0, 0.1) is 0 Å². The number of nitrogens with zero attached hydrogens (tertiary/aromatic N) is 2. The predicted molar refractivity (Wildman–Crippen MR) is 100 cm³/mol. The van der Waals surface area contributed by atoms with Crippen LogP contribution in [0.2, 0.25) is 0 Å². The maximum Gasteiger partial charge on any atom is 0.328 e. The summed E-state index contributed by atoms with van der Waals surface area (Å²) >= 11 is 0. The van der Waals surface area contributed by atoms with Crippen molar-refractivity contribution in [2.75, 3.05) is 6.54 Å². The number of hydrogen-bond acceptors (Lipinski definition) is 6. The van der Waals surface area contributed by atoms with Crippen LogP contribution in [-0.4, -0.2) is 41.7 Å². The standard InChI is InChI=1S/C17H17N5O5S/c18-16(24)21-28(26,27)12-5-3-11(4-6-12)7-9-20-17(25)22-10-14-13(15(22)23)2-1-8-19-14/h1-6,8,10,23H,7,9H2,(H,20,25)(H3,18,21,24). The molecule has 0 aliphatic carbocycles. The second-order valence-corrected chi connectivity index (χ2v) is 7.54. The van der Waals surface area contributed by atoms with Gasteiger partial charge in [-0.3, -0.25) is 4.98 Å². The molecule has 0 radical (unpaired) electrons. The molecule has 3 rings (SSSR count). The molecule has 28 heavy (non-hydrogen) atoms. The van der Waals surface area contributed by atoms with E-state index in [0.717, 1.165) is 10.1 Å². The molecule has 0 unspecified atom stereocenters. The molecule has 2 heterocycles. The zero-order valence-corrected chi connectivity index (χ0v) is 15.3. The van der Waals surface area contributed by atoms with Crippen molar-refractivity contribution in [1.82, 2.24) is 19.6 Å². The van der Waals surface area contributed by atoms with Crippen LogP contribution < -0.4 is 15.8 Å². The van der Waals surface area contributed by atoms with E-state index in [-0.39, 0.29) is 17.3 Å². The number of nitrogens with two attached hydrogens (primary N) is 1. The number of primary amides is 1. The predicted octanol–water partition coefficient (Wildman–Crippen LogP) is 0.899. The average molecular weight is 403 g/mol. The summed E-state index contributed by atoms with van der Waals surface area (Å²) in [5.41, 5.74) is 6.09. The number of carbonyl (C=O) groups excluding carboxylic acids is 2. The number of aromatic nitrogens is 2. The first-order valence-electron chi connectivity index (χ1n) is 8.12. The fourth-order valence-corrected chi connectivity index (χ4v) is 3.48. The first-order valence-corrected chi connectivity index (χ1v) is 9.60. The van der Waals surface area contributed by atoms with E-state index in [0.29, 0.717) is 17.3 Å². The summed E-state index contributed by atoms with van der Waals surface area (Å²) in [6, 6.07) is 7.43. The molecule has 5 N–H and O–H groups in total. The fraction of sp³-hybridized carbons (Fsp3) is 0.118. The minimum absolute atomic E-state index is 0.101. The number of hydrogen-bond donors (Lipinski definition) is 4. The molecule has 0 fully saturated rings. The molecule has 0 bridgehead atoms. The van der Waals surface area contributed by atoms with E-state index >= 15 is 0 Å². The SMILES string of the molecule is NC(=O)NS(=O)(=O)c1ccc(CCNC(=O)n2cc3ncccc3c2O)cc1. The summed E-state index contributed by atoms with van der Waals surface area (Å²) in [5.74, 6) is -0.197. The average Bonchev–Trinajstić information content (AvgIpc) is 2.98. The van der Waals surface area contributed by atoms with E-state index in [9.17, 15) is 23.1 Å². The molecule has 1 aromatic carbocycles. The minimum Gasteiger partial charge on any atom is -0.494 e. The number of sulfonamides is 1. The molecule has 0 atom stereocenters. The number of rotatable bonds is 5. The van der Waals surface area contributed by atoms with Crippen LogP contribution in [0.5, 0.6) is 5.88 Å². The van der Waals surface area contributed by atoms with Crippen molar-refractivity contribution < 1.29 is 23.1 Å². The van der Waals surface area contributed by atoms with Gasteiger partial charge in [-0.15, -0.1) is 0 Å². The van der Waals surface area contributed by atoms with Gasteiger partial charge in [0.2, 0.25) is 5.88 Å². The van der Waals surface area contributed by atoms with E-state index in [2.05, 4.69) is 10.3 Å². The van der Waals surface area contributed by atoms with Crippen molar-refractivity contribution in [2.45, 2.75) is 11.3 Å². The van der Waals surface area contributed by atoms with Gasteiger partial charge in [0.1, 0.15) is 0 Å². The largest absolute Gasteiger partial charge is 0.494 e. The van der Waals surface area contributed by atoms with Gasteiger partial charge in [-0.2, -0.15) is 0 Å². The van der Waals surface area contributed by atoms with E-state index in [1.807, 2.05) is 0 Å². The summed E-state index contributed by atoms with van der Waals surface area (Å²) in [5, 5.41) is 13.2. The zero-order chi connectivity index (χ0) is 20.3. The van der Waals surface area contributed by atoms with Gasteiger partial charge in [0, 0.05) is 18.9 Å². The number of nitrogens with one attached hydrogen (secondary N) is 2. The van der Waals surface area contributed by atoms with E-state index in [1.165, 1.54) is 18.3 Å². The fourth-order valence-electron chi connectivity index (χ4n) is 2.60. The van der Waals surface area contributed by atoms with Crippen molar-refractivity contribution in [3.8, 4) is 5.88 Å². The normalized spacial score (nSPS) is 11.3. The third-order valence-corrected chi connectivity index (χ3v) is 5.30. The Bertz CT molecular complexity index is 1140. The Kier molecular flexibility index (Phi) is 5.18. The van der Waals surface area contributed by atoms with Crippen molar-refractivity contribution in [2.24, 2.45) is 5.73 Å². The molecular weight excluding hydrogens is 386 g/mol. The molecule has 10 nitrogen and oxygen atoms in total. The Morgan fingerprint density at radius 2 is 1.89 bits per heavy atom. The molecule has 146 valence electrons. The number of urea groups is 1. The Balaban J connectivity index is 1.61. The molecule has 0 saturated heterocycles. The number of aromatic hydroxyl groups is 1. The van der Waals surface area contributed by atoms with Gasteiger partial charge < -0.3 is 16.2 Å². The van der Waals surface area contributed by atoms with Crippen LogP contribution in [-0.2, 0) is 16.4 Å². The van der Waals surface area contributed by atoms with Gasteiger partial charge in [0.25, 0.3) is 10.0 Å². The molecule has 0 saturated carbocycles. The van der Waals surface area contributed by atoms with Gasteiger partial charge in [-0.1, -0.05) is 12.1 Å². The maximum absolute atomic E-state index is 12.2. The Morgan fingerprint density at radius 1 is 1.18 bits per heavy atom. The number of carbonyl (C=O) groups is 2. The van der Waals surface area contributed by atoms with Crippen LogP contribution >= 0.6 is 0 Å². The highest BCUT2D eigenvalue weighted by Crippen LogP contribution is 2.24. The first kappa shape index (κ1) is 19.2. The zero-order valence-electron chi connectivity index (χ0n) is 14.5. The van der Waals surface area contributed by atoms with Crippen LogP contribution in [0.15, 0.2) is 53.7 Å². The molecule has 11 heteroatoms. The maximum atomic E-state index is 12.2. The quantitative estimate of drug-likeness (QED) is 0.496. The van der Waals surface area contributed by atoms with Crippen molar-refractivity contribution >= 4 is 33.0 Å². The molecule has 0 spiro atoms. The van der Waals surface area contributed by atoms with Crippen LogP contribution in [0.4, 0.5) is 9.59 Å². The molecule has 2 aromatic heterocycles. The Morgan fingerprint density at radius 3 is 2.54 bits per heavy atom.